The lowest BCUT2D eigenvalue weighted by molar-refractivity contribution is 0.0998. The van der Waals surface area contributed by atoms with Crippen LogP contribution in [0.4, 0.5) is 0 Å². The van der Waals surface area contributed by atoms with Gasteiger partial charge in [-0.1, -0.05) is 23.5 Å². The number of carbonyl (C=O) groups is 1. The highest BCUT2D eigenvalue weighted by Crippen LogP contribution is 2.21. The van der Waals surface area contributed by atoms with Crippen molar-refractivity contribution in [3.63, 3.8) is 0 Å². The summed E-state index contributed by atoms with van der Waals surface area (Å²) in [6.07, 6.45) is 1.50. The smallest absolute Gasteiger partial charge is 0.279 e. The Morgan fingerprint density at radius 1 is 1.13 bits per heavy atom. The Hall–Kier alpha value is -3.01. The van der Waals surface area contributed by atoms with Crippen molar-refractivity contribution in [3.8, 4) is 0 Å². The van der Waals surface area contributed by atoms with Gasteiger partial charge in [-0.2, -0.15) is 9.30 Å². The average molecular weight is 456 g/mol. The third-order valence-electron chi connectivity index (χ3n) is 4.99. The Balaban J connectivity index is 1.59. The van der Waals surface area contributed by atoms with Crippen molar-refractivity contribution in [2.24, 2.45) is 12.0 Å². The number of furan rings is 1. The maximum absolute atomic E-state index is 12.8. The number of rotatable bonds is 5. The molecule has 0 fully saturated rings. The summed E-state index contributed by atoms with van der Waals surface area (Å²) in [4.78, 5) is 17.6. The van der Waals surface area contributed by atoms with Crippen molar-refractivity contribution in [2.75, 3.05) is 7.05 Å². The summed E-state index contributed by atoms with van der Waals surface area (Å²) in [7, 11) is -0.357. The van der Waals surface area contributed by atoms with Crippen LogP contribution in [0.3, 0.4) is 0 Å². The Morgan fingerprint density at radius 2 is 1.87 bits per heavy atom. The monoisotopic (exact) mass is 455 g/mol. The van der Waals surface area contributed by atoms with Crippen LogP contribution in [0.2, 0.25) is 0 Å². The minimum absolute atomic E-state index is 0.0983. The molecule has 4 rings (SSSR count). The molecule has 0 unspecified atom stereocenters. The van der Waals surface area contributed by atoms with E-state index in [9.17, 15) is 13.2 Å². The summed E-state index contributed by atoms with van der Waals surface area (Å²) in [6, 6.07) is 15.2. The quantitative estimate of drug-likeness (QED) is 0.459. The van der Waals surface area contributed by atoms with Gasteiger partial charge in [0.05, 0.1) is 27.9 Å². The Kier molecular flexibility index (Phi) is 5.65. The van der Waals surface area contributed by atoms with Gasteiger partial charge in [0, 0.05) is 19.7 Å². The molecule has 2 aromatic heterocycles. The predicted octanol–water partition coefficient (Wildman–Crippen LogP) is 3.70. The Morgan fingerprint density at radius 3 is 2.52 bits per heavy atom. The van der Waals surface area contributed by atoms with E-state index < -0.39 is 15.9 Å². The van der Waals surface area contributed by atoms with Crippen LogP contribution in [0.5, 0.6) is 0 Å². The van der Waals surface area contributed by atoms with Gasteiger partial charge in [0.1, 0.15) is 5.76 Å². The lowest BCUT2D eigenvalue weighted by Crippen LogP contribution is -2.26. The van der Waals surface area contributed by atoms with Gasteiger partial charge >= 0.3 is 0 Å². The molecular weight excluding hydrogens is 434 g/mol. The molecular formula is C22H21N3O4S2. The zero-order chi connectivity index (χ0) is 22.2. The number of sulfonamides is 1. The highest BCUT2D eigenvalue weighted by atomic mass is 32.2. The number of para-hydroxylation sites is 1. The first kappa shape index (κ1) is 21.2. The first-order valence-electron chi connectivity index (χ1n) is 9.50. The van der Waals surface area contributed by atoms with Crippen molar-refractivity contribution in [2.45, 2.75) is 18.4 Å². The van der Waals surface area contributed by atoms with Crippen molar-refractivity contribution in [1.82, 2.24) is 8.87 Å². The predicted molar refractivity (Wildman–Crippen MR) is 119 cm³/mol. The van der Waals surface area contributed by atoms with E-state index in [1.54, 1.807) is 12.1 Å². The van der Waals surface area contributed by atoms with Crippen LogP contribution in [0.25, 0.3) is 10.2 Å². The molecule has 0 aliphatic rings. The van der Waals surface area contributed by atoms with E-state index in [1.165, 1.54) is 53.2 Å². The number of aryl methyl sites for hydroxylation is 2. The summed E-state index contributed by atoms with van der Waals surface area (Å²) in [5, 5.41) is 0. The lowest BCUT2D eigenvalue weighted by atomic mass is 10.2. The fourth-order valence-electron chi connectivity index (χ4n) is 3.31. The zero-order valence-corrected chi connectivity index (χ0v) is 18.9. The molecule has 160 valence electrons. The van der Waals surface area contributed by atoms with E-state index in [0.29, 0.717) is 16.1 Å². The van der Waals surface area contributed by atoms with E-state index >= 15 is 0 Å². The first-order valence-corrected chi connectivity index (χ1v) is 11.8. The lowest BCUT2D eigenvalue weighted by Gasteiger charge is -2.16. The standard InChI is InChI=1S/C22H21N3O4S2/c1-15-6-4-8-19-20(15)25(3)22(30-19)23-21(26)16-9-11-18(12-10-16)31(27,28)24(2)14-17-7-5-13-29-17/h4-13H,14H2,1-3H3. The molecule has 0 bridgehead atoms. The first-order chi connectivity index (χ1) is 14.8. The highest BCUT2D eigenvalue weighted by Gasteiger charge is 2.22. The Labute approximate surface area is 183 Å². The van der Waals surface area contributed by atoms with Crippen LogP contribution in [0.15, 0.2) is 75.2 Å². The van der Waals surface area contributed by atoms with Gasteiger partial charge in [-0.15, -0.1) is 0 Å². The minimum Gasteiger partial charge on any atom is -0.468 e. The number of carbonyl (C=O) groups excluding carboxylic acids is 1. The van der Waals surface area contributed by atoms with E-state index in [2.05, 4.69) is 4.99 Å². The maximum Gasteiger partial charge on any atom is 0.279 e. The topological polar surface area (TPSA) is 84.9 Å². The van der Waals surface area contributed by atoms with Gasteiger partial charge in [-0.05, 0) is 55.0 Å². The van der Waals surface area contributed by atoms with Gasteiger partial charge in [-0.3, -0.25) is 4.79 Å². The summed E-state index contributed by atoms with van der Waals surface area (Å²) in [5.41, 5.74) is 2.47. The molecule has 0 saturated heterocycles. The normalized spacial score (nSPS) is 12.7. The molecule has 0 radical (unpaired) electrons. The molecule has 0 spiro atoms. The third kappa shape index (κ3) is 4.12. The van der Waals surface area contributed by atoms with E-state index in [-0.39, 0.29) is 11.4 Å². The van der Waals surface area contributed by atoms with Crippen molar-refractivity contribution >= 4 is 37.5 Å². The summed E-state index contributed by atoms with van der Waals surface area (Å²) >= 11 is 1.44. The maximum atomic E-state index is 12.8. The minimum atomic E-state index is -3.72. The summed E-state index contributed by atoms with van der Waals surface area (Å²) < 4.78 is 34.9. The molecule has 0 aliphatic heterocycles. The fourth-order valence-corrected chi connectivity index (χ4v) is 5.54. The van der Waals surface area contributed by atoms with Gasteiger partial charge < -0.3 is 8.98 Å². The van der Waals surface area contributed by atoms with Crippen molar-refractivity contribution in [1.29, 1.82) is 0 Å². The number of hydrogen-bond donors (Lipinski definition) is 0. The SMILES string of the molecule is Cc1cccc2sc(=NC(=O)c3ccc(S(=O)(=O)N(C)Cc4ccco4)cc3)n(C)c12. The summed E-state index contributed by atoms with van der Waals surface area (Å²) in [6.45, 7) is 2.13. The fraction of sp³-hybridized carbons (Fsp3) is 0.182. The van der Waals surface area contributed by atoms with E-state index in [1.807, 2.05) is 36.7 Å². The molecule has 0 N–H and O–H groups in total. The second-order valence-corrected chi connectivity index (χ2v) is 10.2. The number of hydrogen-bond acceptors (Lipinski definition) is 5. The van der Waals surface area contributed by atoms with Crippen LogP contribution in [0, 0.1) is 6.92 Å². The molecule has 0 saturated carbocycles. The average Bonchev–Trinajstić information content (AvgIpc) is 3.36. The van der Waals surface area contributed by atoms with Gasteiger partial charge in [0.25, 0.3) is 5.91 Å². The van der Waals surface area contributed by atoms with Crippen molar-refractivity contribution < 1.29 is 17.6 Å². The Bertz CT molecular complexity index is 1410. The van der Waals surface area contributed by atoms with Crippen LogP contribution >= 0.6 is 11.3 Å². The number of nitrogens with zero attached hydrogens (tertiary/aromatic N) is 3. The number of benzene rings is 2. The van der Waals surface area contributed by atoms with Gasteiger partial charge in [0.2, 0.25) is 10.0 Å². The van der Waals surface area contributed by atoms with Gasteiger partial charge in [-0.25, -0.2) is 8.42 Å². The van der Waals surface area contributed by atoms with E-state index in [0.717, 1.165) is 15.8 Å². The number of thiazole rings is 1. The van der Waals surface area contributed by atoms with Crippen LogP contribution < -0.4 is 4.80 Å². The zero-order valence-electron chi connectivity index (χ0n) is 17.3. The van der Waals surface area contributed by atoms with Crippen molar-refractivity contribution in [3.05, 3.63) is 82.5 Å². The molecule has 31 heavy (non-hydrogen) atoms. The molecule has 0 aliphatic carbocycles. The molecule has 2 aromatic carbocycles. The number of fused-ring (bicyclic) bond motifs is 1. The van der Waals surface area contributed by atoms with E-state index in [4.69, 9.17) is 4.42 Å². The summed E-state index contributed by atoms with van der Waals surface area (Å²) in [5.74, 6) is 0.121. The molecule has 7 nitrogen and oxygen atoms in total. The van der Waals surface area contributed by atoms with Gasteiger partial charge in [0.15, 0.2) is 4.80 Å². The highest BCUT2D eigenvalue weighted by molar-refractivity contribution is 7.89. The van der Waals surface area contributed by atoms with Crippen LogP contribution in [-0.4, -0.2) is 30.2 Å². The number of amides is 1. The van der Waals surface area contributed by atoms with Crippen LogP contribution in [-0.2, 0) is 23.6 Å². The molecule has 2 heterocycles. The number of aromatic nitrogens is 1. The molecule has 9 heteroatoms. The second kappa shape index (κ2) is 8.26. The molecule has 0 atom stereocenters. The third-order valence-corrected chi connectivity index (χ3v) is 7.90. The largest absolute Gasteiger partial charge is 0.468 e. The second-order valence-electron chi connectivity index (χ2n) is 7.15. The van der Waals surface area contributed by atoms with Crippen LogP contribution in [0.1, 0.15) is 21.7 Å². The molecule has 4 aromatic rings. The molecule has 1 amide bonds.